The third-order valence-corrected chi connectivity index (χ3v) is 3.90. The summed E-state index contributed by atoms with van der Waals surface area (Å²) in [5.41, 5.74) is 3.95. The standard InChI is InChI=1S/C18H20N4O/c1-4-14-10-13-11-15(7-8-16(13)20-14)22(12-23)18-17(21(2)3)6-5-9-19-18/h5-12,20H,4H2,1-3H3. The Bertz CT molecular complexity index is 838. The second-order valence-electron chi connectivity index (χ2n) is 5.64. The van der Waals surface area contributed by atoms with E-state index in [1.54, 1.807) is 11.1 Å². The number of aryl methyl sites for hydroxylation is 1. The van der Waals surface area contributed by atoms with Gasteiger partial charge in [0.15, 0.2) is 5.82 Å². The lowest BCUT2D eigenvalue weighted by molar-refractivity contribution is -0.106. The van der Waals surface area contributed by atoms with E-state index >= 15 is 0 Å². The number of carbonyl (C=O) groups excluding carboxylic acids is 1. The number of rotatable bonds is 5. The number of nitrogens with zero attached hydrogens (tertiary/aromatic N) is 3. The number of amides is 1. The van der Waals surface area contributed by atoms with Crippen LogP contribution in [0.2, 0.25) is 0 Å². The molecule has 23 heavy (non-hydrogen) atoms. The number of nitrogens with one attached hydrogen (secondary N) is 1. The molecule has 0 atom stereocenters. The first-order chi connectivity index (χ1) is 11.1. The Kier molecular flexibility index (Phi) is 4.02. The number of pyridine rings is 1. The SMILES string of the molecule is CCc1cc2cc(N(C=O)c3ncccc3N(C)C)ccc2[nH]1. The molecule has 0 aliphatic carbocycles. The monoisotopic (exact) mass is 308 g/mol. The molecule has 0 bridgehead atoms. The van der Waals surface area contributed by atoms with Gasteiger partial charge in [-0.3, -0.25) is 9.69 Å². The van der Waals surface area contributed by atoms with Crippen molar-refractivity contribution in [3.05, 3.63) is 48.3 Å². The normalized spacial score (nSPS) is 10.7. The molecule has 0 fully saturated rings. The highest BCUT2D eigenvalue weighted by atomic mass is 16.1. The predicted octanol–water partition coefficient (Wildman–Crippen LogP) is 3.49. The van der Waals surface area contributed by atoms with Crippen molar-refractivity contribution in [1.82, 2.24) is 9.97 Å². The zero-order valence-electron chi connectivity index (χ0n) is 13.6. The van der Waals surface area contributed by atoms with Gasteiger partial charge in [0.2, 0.25) is 6.41 Å². The van der Waals surface area contributed by atoms with Gasteiger partial charge in [0, 0.05) is 36.9 Å². The van der Waals surface area contributed by atoms with Gasteiger partial charge in [-0.25, -0.2) is 4.98 Å². The number of carbonyl (C=O) groups is 1. The third-order valence-electron chi connectivity index (χ3n) is 3.90. The molecule has 0 saturated heterocycles. The van der Waals surface area contributed by atoms with E-state index in [0.29, 0.717) is 5.82 Å². The van der Waals surface area contributed by atoms with Crippen LogP contribution in [-0.2, 0) is 11.2 Å². The molecule has 2 aromatic heterocycles. The van der Waals surface area contributed by atoms with E-state index < -0.39 is 0 Å². The smallest absolute Gasteiger partial charge is 0.219 e. The van der Waals surface area contributed by atoms with Crippen LogP contribution in [0.15, 0.2) is 42.6 Å². The Balaban J connectivity index is 2.09. The third kappa shape index (κ3) is 2.77. The van der Waals surface area contributed by atoms with Crippen molar-refractivity contribution < 1.29 is 4.79 Å². The van der Waals surface area contributed by atoms with Gasteiger partial charge >= 0.3 is 0 Å². The first kappa shape index (κ1) is 15.1. The first-order valence-electron chi connectivity index (χ1n) is 7.62. The molecule has 118 valence electrons. The molecule has 5 heteroatoms. The largest absolute Gasteiger partial charge is 0.375 e. The summed E-state index contributed by atoms with van der Waals surface area (Å²) < 4.78 is 0. The maximum Gasteiger partial charge on any atom is 0.219 e. The van der Waals surface area contributed by atoms with Crippen LogP contribution < -0.4 is 9.80 Å². The van der Waals surface area contributed by atoms with E-state index in [4.69, 9.17) is 0 Å². The lowest BCUT2D eigenvalue weighted by atomic mass is 10.2. The Morgan fingerprint density at radius 1 is 1.22 bits per heavy atom. The highest BCUT2D eigenvalue weighted by Crippen LogP contribution is 2.32. The molecule has 0 saturated carbocycles. The maximum absolute atomic E-state index is 11.7. The van der Waals surface area contributed by atoms with Crippen molar-refractivity contribution in [3.63, 3.8) is 0 Å². The number of fused-ring (bicyclic) bond motifs is 1. The molecular weight excluding hydrogens is 288 g/mol. The topological polar surface area (TPSA) is 52.2 Å². The lowest BCUT2D eigenvalue weighted by Crippen LogP contribution is -2.20. The molecule has 0 radical (unpaired) electrons. The summed E-state index contributed by atoms with van der Waals surface area (Å²) in [6.45, 7) is 2.11. The molecule has 0 aliphatic rings. The van der Waals surface area contributed by atoms with E-state index in [1.165, 1.54) is 5.69 Å². The average molecular weight is 308 g/mol. The minimum absolute atomic E-state index is 0.623. The van der Waals surface area contributed by atoms with Crippen LogP contribution in [0.4, 0.5) is 17.2 Å². The van der Waals surface area contributed by atoms with Crippen molar-refractivity contribution in [2.45, 2.75) is 13.3 Å². The molecule has 3 aromatic rings. The van der Waals surface area contributed by atoms with Crippen LogP contribution in [0.1, 0.15) is 12.6 Å². The number of hydrogen-bond donors (Lipinski definition) is 1. The molecule has 5 nitrogen and oxygen atoms in total. The number of benzene rings is 1. The Morgan fingerprint density at radius 2 is 2.04 bits per heavy atom. The fourth-order valence-corrected chi connectivity index (χ4v) is 2.68. The van der Waals surface area contributed by atoms with Gasteiger partial charge in [-0.05, 0) is 42.8 Å². The second kappa shape index (κ2) is 6.12. The number of hydrogen-bond acceptors (Lipinski definition) is 3. The summed E-state index contributed by atoms with van der Waals surface area (Å²) in [6.07, 6.45) is 3.46. The van der Waals surface area contributed by atoms with Gasteiger partial charge in [0.1, 0.15) is 0 Å². The van der Waals surface area contributed by atoms with Crippen LogP contribution >= 0.6 is 0 Å². The van der Waals surface area contributed by atoms with E-state index in [9.17, 15) is 4.79 Å². The van der Waals surface area contributed by atoms with Crippen LogP contribution in [0, 0.1) is 0 Å². The minimum Gasteiger partial charge on any atom is -0.375 e. The summed E-state index contributed by atoms with van der Waals surface area (Å²) in [7, 11) is 3.87. The predicted molar refractivity (Wildman–Crippen MR) is 94.4 cm³/mol. The molecule has 2 heterocycles. The van der Waals surface area contributed by atoms with Gasteiger partial charge in [-0.1, -0.05) is 6.92 Å². The first-order valence-corrected chi connectivity index (χ1v) is 7.62. The van der Waals surface area contributed by atoms with Gasteiger partial charge < -0.3 is 9.88 Å². The molecule has 3 rings (SSSR count). The Labute approximate surface area is 135 Å². The zero-order chi connectivity index (χ0) is 16.4. The van der Waals surface area contributed by atoms with Gasteiger partial charge in [0.25, 0.3) is 0 Å². The van der Waals surface area contributed by atoms with Crippen molar-refractivity contribution in [2.75, 3.05) is 23.9 Å². The van der Waals surface area contributed by atoms with E-state index in [0.717, 1.165) is 35.1 Å². The summed E-state index contributed by atoms with van der Waals surface area (Å²) in [4.78, 5) is 23.0. The van der Waals surface area contributed by atoms with E-state index in [-0.39, 0.29) is 0 Å². The fourth-order valence-electron chi connectivity index (χ4n) is 2.68. The number of anilines is 3. The molecule has 0 aliphatic heterocycles. The van der Waals surface area contributed by atoms with Crippen molar-refractivity contribution in [3.8, 4) is 0 Å². The average Bonchev–Trinajstić information content (AvgIpc) is 2.98. The summed E-state index contributed by atoms with van der Waals surface area (Å²) in [5.74, 6) is 0.623. The van der Waals surface area contributed by atoms with Crippen molar-refractivity contribution in [1.29, 1.82) is 0 Å². The van der Waals surface area contributed by atoms with Crippen LogP contribution in [0.5, 0.6) is 0 Å². The summed E-state index contributed by atoms with van der Waals surface area (Å²) in [6, 6.07) is 11.9. The van der Waals surface area contributed by atoms with Crippen molar-refractivity contribution >= 4 is 34.5 Å². The molecule has 1 amide bonds. The fraction of sp³-hybridized carbons (Fsp3) is 0.222. The number of H-pyrrole nitrogens is 1. The summed E-state index contributed by atoms with van der Waals surface area (Å²) in [5, 5.41) is 1.09. The van der Waals surface area contributed by atoms with Gasteiger partial charge in [-0.15, -0.1) is 0 Å². The quantitative estimate of drug-likeness (QED) is 0.734. The second-order valence-corrected chi connectivity index (χ2v) is 5.64. The Hall–Kier alpha value is -2.82. The van der Waals surface area contributed by atoms with E-state index in [1.807, 2.05) is 49.3 Å². The number of aromatic nitrogens is 2. The molecule has 0 spiro atoms. The van der Waals surface area contributed by atoms with Gasteiger partial charge in [-0.2, -0.15) is 0 Å². The van der Waals surface area contributed by atoms with Gasteiger partial charge in [0.05, 0.1) is 11.4 Å². The maximum atomic E-state index is 11.7. The van der Waals surface area contributed by atoms with Crippen LogP contribution in [0.3, 0.4) is 0 Å². The number of aromatic amines is 1. The Morgan fingerprint density at radius 3 is 2.74 bits per heavy atom. The highest BCUT2D eigenvalue weighted by Gasteiger charge is 2.16. The van der Waals surface area contributed by atoms with Crippen molar-refractivity contribution in [2.24, 2.45) is 0 Å². The minimum atomic E-state index is 0.623. The zero-order valence-corrected chi connectivity index (χ0v) is 13.6. The molecule has 1 N–H and O–H groups in total. The van der Waals surface area contributed by atoms with Crippen LogP contribution in [0.25, 0.3) is 10.9 Å². The summed E-state index contributed by atoms with van der Waals surface area (Å²) >= 11 is 0. The highest BCUT2D eigenvalue weighted by molar-refractivity contribution is 5.94. The molecule has 0 unspecified atom stereocenters. The molecule has 1 aromatic carbocycles. The van der Waals surface area contributed by atoms with E-state index in [2.05, 4.69) is 23.0 Å². The van der Waals surface area contributed by atoms with Crippen LogP contribution in [-0.4, -0.2) is 30.5 Å². The lowest BCUT2D eigenvalue weighted by Gasteiger charge is -2.23. The molecular formula is C18H20N4O.